The first-order chi connectivity index (χ1) is 11.3. The van der Waals surface area contributed by atoms with Crippen LogP contribution in [0.15, 0.2) is 42.9 Å². The van der Waals surface area contributed by atoms with Crippen molar-refractivity contribution in [3.05, 3.63) is 54.4 Å². The van der Waals surface area contributed by atoms with E-state index in [1.54, 1.807) is 6.20 Å². The van der Waals surface area contributed by atoms with Crippen LogP contribution >= 0.6 is 0 Å². The van der Waals surface area contributed by atoms with Crippen LogP contribution < -0.4 is 0 Å². The first kappa shape index (κ1) is 13.9. The lowest BCUT2D eigenvalue weighted by Gasteiger charge is -2.34. The van der Waals surface area contributed by atoms with Crippen LogP contribution in [0.1, 0.15) is 41.6 Å². The quantitative estimate of drug-likeness (QED) is 0.790. The van der Waals surface area contributed by atoms with Gasteiger partial charge in [0.1, 0.15) is 17.8 Å². The fourth-order valence-corrected chi connectivity index (χ4v) is 3.26. The summed E-state index contributed by atoms with van der Waals surface area (Å²) in [5.41, 5.74) is 0.509. The minimum atomic E-state index is -0.0560. The van der Waals surface area contributed by atoms with Crippen molar-refractivity contribution in [3.63, 3.8) is 0 Å². The molecule has 1 unspecified atom stereocenters. The molecule has 0 aliphatic carbocycles. The van der Waals surface area contributed by atoms with Crippen molar-refractivity contribution in [1.29, 1.82) is 0 Å². The highest BCUT2D eigenvalue weighted by Crippen LogP contribution is 2.30. The molecule has 0 radical (unpaired) electrons. The zero-order valence-corrected chi connectivity index (χ0v) is 12.6. The van der Waals surface area contributed by atoms with Crippen molar-refractivity contribution < 1.29 is 4.79 Å². The van der Waals surface area contributed by atoms with Crippen LogP contribution in [0.5, 0.6) is 0 Å². The van der Waals surface area contributed by atoms with E-state index in [4.69, 9.17) is 0 Å². The Bertz CT molecular complexity index is 825. The van der Waals surface area contributed by atoms with Gasteiger partial charge in [0.2, 0.25) is 0 Å². The van der Waals surface area contributed by atoms with E-state index in [0.29, 0.717) is 5.69 Å². The van der Waals surface area contributed by atoms with Crippen molar-refractivity contribution in [2.24, 2.45) is 0 Å². The lowest BCUT2D eigenvalue weighted by atomic mass is 10.00. The van der Waals surface area contributed by atoms with Crippen molar-refractivity contribution in [2.45, 2.75) is 25.3 Å². The zero-order valence-electron chi connectivity index (χ0n) is 12.6. The van der Waals surface area contributed by atoms with E-state index >= 15 is 0 Å². The minimum absolute atomic E-state index is 0.0390. The number of hydrogen-bond acceptors (Lipinski definition) is 4. The van der Waals surface area contributed by atoms with Crippen molar-refractivity contribution in [2.75, 3.05) is 6.54 Å². The minimum Gasteiger partial charge on any atom is -0.327 e. The highest BCUT2D eigenvalue weighted by Gasteiger charge is 2.31. The molecule has 1 saturated heterocycles. The van der Waals surface area contributed by atoms with Crippen LogP contribution in [0.4, 0.5) is 0 Å². The molecule has 0 spiro atoms. The summed E-state index contributed by atoms with van der Waals surface area (Å²) in [6.45, 7) is 0.717. The van der Waals surface area contributed by atoms with Crippen LogP contribution in [0.3, 0.4) is 0 Å². The van der Waals surface area contributed by atoms with Gasteiger partial charge in [-0.3, -0.25) is 14.9 Å². The molecule has 1 aliphatic heterocycles. The molecule has 116 valence electrons. The number of carbonyl (C=O) groups is 1. The average Bonchev–Trinajstić information content (AvgIpc) is 3.15. The second-order valence-corrected chi connectivity index (χ2v) is 5.76. The molecule has 6 heteroatoms. The molecule has 6 nitrogen and oxygen atoms in total. The molecule has 1 aliphatic rings. The number of nitrogens with one attached hydrogen (secondary N) is 1. The molecule has 23 heavy (non-hydrogen) atoms. The molecule has 0 bridgehead atoms. The molecule has 2 aromatic heterocycles. The molecule has 1 fully saturated rings. The van der Waals surface area contributed by atoms with Gasteiger partial charge in [-0.15, -0.1) is 0 Å². The van der Waals surface area contributed by atoms with Crippen LogP contribution in [0.25, 0.3) is 10.8 Å². The lowest BCUT2D eigenvalue weighted by Crippen LogP contribution is -2.39. The number of likely N-dealkylation sites (tertiary alicyclic amines) is 1. The molecule has 1 aromatic carbocycles. The van der Waals surface area contributed by atoms with Gasteiger partial charge in [0, 0.05) is 18.1 Å². The monoisotopic (exact) mass is 307 g/mol. The van der Waals surface area contributed by atoms with Gasteiger partial charge in [-0.25, -0.2) is 4.98 Å². The summed E-state index contributed by atoms with van der Waals surface area (Å²) >= 11 is 0. The number of H-pyrrole nitrogens is 1. The van der Waals surface area contributed by atoms with E-state index < -0.39 is 0 Å². The number of fused-ring (bicyclic) bond motifs is 1. The molecule has 1 amide bonds. The van der Waals surface area contributed by atoms with E-state index in [0.717, 1.165) is 42.4 Å². The van der Waals surface area contributed by atoms with E-state index in [9.17, 15) is 4.79 Å². The van der Waals surface area contributed by atoms with Gasteiger partial charge in [0.25, 0.3) is 5.91 Å². The van der Waals surface area contributed by atoms with Crippen LogP contribution in [0, 0.1) is 0 Å². The van der Waals surface area contributed by atoms with Gasteiger partial charge in [-0.1, -0.05) is 24.3 Å². The number of aromatic amines is 1. The summed E-state index contributed by atoms with van der Waals surface area (Å²) in [5.74, 6) is 0.709. The third-order valence-electron chi connectivity index (χ3n) is 4.39. The Kier molecular flexibility index (Phi) is 3.49. The largest absolute Gasteiger partial charge is 0.327 e. The number of carbonyl (C=O) groups excluding carboxylic acids is 1. The number of piperidine rings is 1. The number of hydrogen-bond donors (Lipinski definition) is 1. The van der Waals surface area contributed by atoms with Crippen LogP contribution in [0.2, 0.25) is 0 Å². The summed E-state index contributed by atoms with van der Waals surface area (Å²) < 4.78 is 0. The summed E-state index contributed by atoms with van der Waals surface area (Å²) in [6.07, 6.45) is 6.16. The van der Waals surface area contributed by atoms with E-state index in [1.807, 2.05) is 35.2 Å². The molecule has 3 heterocycles. The SMILES string of the molecule is O=C(c1nccc2ccccc12)N1CCCCC1c1ncn[nH]1. The summed E-state index contributed by atoms with van der Waals surface area (Å²) in [4.78, 5) is 23.6. The fourth-order valence-electron chi connectivity index (χ4n) is 3.26. The van der Waals surface area contributed by atoms with Crippen molar-refractivity contribution in [1.82, 2.24) is 25.1 Å². The molecular weight excluding hydrogens is 290 g/mol. The Morgan fingerprint density at radius 3 is 2.96 bits per heavy atom. The van der Waals surface area contributed by atoms with Crippen LogP contribution in [-0.4, -0.2) is 37.5 Å². The molecule has 1 N–H and O–H groups in total. The Morgan fingerprint density at radius 2 is 2.09 bits per heavy atom. The van der Waals surface area contributed by atoms with E-state index in [1.165, 1.54) is 6.33 Å². The molecule has 0 saturated carbocycles. The highest BCUT2D eigenvalue weighted by molar-refractivity contribution is 6.05. The second-order valence-electron chi connectivity index (χ2n) is 5.76. The maximum absolute atomic E-state index is 13.1. The Hall–Kier alpha value is -2.76. The fraction of sp³-hybridized carbons (Fsp3) is 0.294. The van der Waals surface area contributed by atoms with Crippen molar-refractivity contribution >= 4 is 16.7 Å². The summed E-state index contributed by atoms with van der Waals surface area (Å²) in [7, 11) is 0. The zero-order chi connectivity index (χ0) is 15.6. The lowest BCUT2D eigenvalue weighted by molar-refractivity contribution is 0.0596. The predicted octanol–water partition coefficient (Wildman–Crippen LogP) is 2.72. The number of amides is 1. The third-order valence-corrected chi connectivity index (χ3v) is 4.39. The van der Waals surface area contributed by atoms with Gasteiger partial charge < -0.3 is 4.90 Å². The van der Waals surface area contributed by atoms with Gasteiger partial charge in [-0.2, -0.15) is 5.10 Å². The van der Waals surface area contributed by atoms with Gasteiger partial charge >= 0.3 is 0 Å². The van der Waals surface area contributed by atoms with E-state index in [2.05, 4.69) is 20.2 Å². The average molecular weight is 307 g/mol. The van der Waals surface area contributed by atoms with Gasteiger partial charge in [-0.05, 0) is 30.7 Å². The van der Waals surface area contributed by atoms with Crippen molar-refractivity contribution in [3.8, 4) is 0 Å². The smallest absolute Gasteiger partial charge is 0.273 e. The van der Waals surface area contributed by atoms with Crippen LogP contribution in [-0.2, 0) is 0 Å². The molecule has 1 atom stereocenters. The molecular formula is C17H17N5O. The first-order valence-electron chi connectivity index (χ1n) is 7.84. The Balaban J connectivity index is 1.74. The number of nitrogens with zero attached hydrogens (tertiary/aromatic N) is 4. The highest BCUT2D eigenvalue weighted by atomic mass is 16.2. The topological polar surface area (TPSA) is 74.8 Å². The third kappa shape index (κ3) is 2.46. The standard InChI is InChI=1S/C17H17N5O/c23-17(15-13-6-2-1-5-12(13)8-9-18-15)22-10-4-3-7-14(22)16-19-11-20-21-16/h1-2,5-6,8-9,11,14H,3-4,7,10H2,(H,19,20,21). The predicted molar refractivity (Wildman–Crippen MR) is 85.8 cm³/mol. The Morgan fingerprint density at radius 1 is 1.17 bits per heavy atom. The Labute approximate surface area is 133 Å². The van der Waals surface area contributed by atoms with E-state index in [-0.39, 0.29) is 11.9 Å². The van der Waals surface area contributed by atoms with Gasteiger partial charge in [0.05, 0.1) is 6.04 Å². The molecule has 4 rings (SSSR count). The first-order valence-corrected chi connectivity index (χ1v) is 7.84. The van der Waals surface area contributed by atoms with Gasteiger partial charge in [0.15, 0.2) is 0 Å². The second kappa shape index (κ2) is 5.79. The number of pyridine rings is 1. The molecule has 3 aromatic rings. The normalized spacial score (nSPS) is 18.3. The number of rotatable bonds is 2. The summed E-state index contributed by atoms with van der Waals surface area (Å²) in [6, 6.07) is 9.72. The number of benzene rings is 1. The maximum Gasteiger partial charge on any atom is 0.273 e. The number of aromatic nitrogens is 4. The maximum atomic E-state index is 13.1. The summed E-state index contributed by atoms with van der Waals surface area (Å²) in [5, 5.41) is 8.75.